The molecular weight excluding hydrogens is 324 g/mol. The molecule has 7 nitrogen and oxygen atoms in total. The number of nitrogens with zero attached hydrogens (tertiary/aromatic N) is 4. The number of hydrogen-bond acceptors (Lipinski definition) is 5. The Morgan fingerprint density at radius 2 is 2.12 bits per heavy atom. The third kappa shape index (κ3) is 5.67. The molecule has 0 saturated carbocycles. The molecular formula is C16H28N6OS. The van der Waals surface area contributed by atoms with Crippen LogP contribution in [0.15, 0.2) is 10.4 Å². The second kappa shape index (κ2) is 9.46. The van der Waals surface area contributed by atoms with Crippen LogP contribution in [-0.4, -0.2) is 68.6 Å². The van der Waals surface area contributed by atoms with Gasteiger partial charge >= 0.3 is 0 Å². The average Bonchev–Trinajstić information content (AvgIpc) is 3.23. The van der Waals surface area contributed by atoms with Gasteiger partial charge in [0, 0.05) is 52.1 Å². The minimum absolute atomic E-state index is 0.0121. The molecule has 1 aromatic rings. The number of rotatable bonds is 7. The average molecular weight is 353 g/mol. The lowest BCUT2D eigenvalue weighted by Gasteiger charge is -2.13. The van der Waals surface area contributed by atoms with Crippen LogP contribution in [0, 0.1) is 0 Å². The van der Waals surface area contributed by atoms with E-state index in [9.17, 15) is 4.79 Å². The zero-order valence-corrected chi connectivity index (χ0v) is 15.7. The van der Waals surface area contributed by atoms with Gasteiger partial charge in [-0.3, -0.25) is 4.79 Å². The molecule has 0 unspecified atom stereocenters. The van der Waals surface area contributed by atoms with E-state index in [0.29, 0.717) is 5.96 Å². The second-order valence-corrected chi connectivity index (χ2v) is 6.81. The lowest BCUT2D eigenvalue weighted by atomic mass is 10.3. The first-order valence-electron chi connectivity index (χ1n) is 8.52. The molecule has 1 saturated heterocycles. The predicted molar refractivity (Wildman–Crippen MR) is 99.9 cm³/mol. The molecule has 0 spiro atoms. The number of thiazole rings is 1. The molecule has 1 aromatic heterocycles. The van der Waals surface area contributed by atoms with Gasteiger partial charge in [0.1, 0.15) is 6.54 Å². The Kier molecular flexibility index (Phi) is 7.30. The van der Waals surface area contributed by atoms with E-state index in [0.717, 1.165) is 43.4 Å². The van der Waals surface area contributed by atoms with Crippen molar-refractivity contribution < 1.29 is 4.79 Å². The van der Waals surface area contributed by atoms with Crippen LogP contribution in [-0.2, 0) is 11.2 Å². The smallest absolute Gasteiger partial charge is 0.243 e. The summed E-state index contributed by atoms with van der Waals surface area (Å²) in [4.78, 5) is 24.6. The van der Waals surface area contributed by atoms with Crippen molar-refractivity contribution in [2.75, 3.05) is 51.7 Å². The topological polar surface area (TPSA) is 72.9 Å². The summed E-state index contributed by atoms with van der Waals surface area (Å²) < 4.78 is 0. The Hall–Kier alpha value is -1.83. The maximum absolute atomic E-state index is 11.6. The van der Waals surface area contributed by atoms with Crippen LogP contribution in [0.4, 0.5) is 5.13 Å². The summed E-state index contributed by atoms with van der Waals surface area (Å²) in [5, 5.41) is 9.69. The Balaban J connectivity index is 1.79. The molecule has 1 amide bonds. The first-order chi connectivity index (χ1) is 11.6. The molecule has 0 atom stereocenters. The summed E-state index contributed by atoms with van der Waals surface area (Å²) in [7, 11) is 3.47. The van der Waals surface area contributed by atoms with Crippen LogP contribution in [0.25, 0.3) is 0 Å². The van der Waals surface area contributed by atoms with E-state index >= 15 is 0 Å². The Morgan fingerprint density at radius 1 is 1.38 bits per heavy atom. The SMILES string of the molecule is CCNC(=NCC(=O)N(C)C)NCCc1csc(N2CCCC2)n1. The summed E-state index contributed by atoms with van der Waals surface area (Å²) in [5.41, 5.74) is 1.11. The quantitative estimate of drug-likeness (QED) is 0.564. The van der Waals surface area contributed by atoms with Gasteiger partial charge in [0.05, 0.1) is 5.69 Å². The number of aliphatic imine (C=N–C) groups is 1. The molecule has 24 heavy (non-hydrogen) atoms. The molecule has 0 radical (unpaired) electrons. The number of anilines is 1. The standard InChI is InChI=1S/C16H28N6OS/c1-4-17-15(19-11-14(23)21(2)3)18-8-7-13-12-24-16(20-13)22-9-5-6-10-22/h12H,4-11H2,1-3H3,(H2,17,18,19). The molecule has 2 N–H and O–H groups in total. The highest BCUT2D eigenvalue weighted by Gasteiger charge is 2.15. The Morgan fingerprint density at radius 3 is 2.79 bits per heavy atom. The van der Waals surface area contributed by atoms with Crippen molar-refractivity contribution in [1.29, 1.82) is 0 Å². The summed E-state index contributed by atoms with van der Waals surface area (Å²) >= 11 is 1.72. The fraction of sp³-hybridized carbons (Fsp3) is 0.688. The predicted octanol–water partition coefficient (Wildman–Crippen LogP) is 0.929. The van der Waals surface area contributed by atoms with Gasteiger partial charge in [-0.05, 0) is 19.8 Å². The molecule has 0 bridgehead atoms. The minimum Gasteiger partial charge on any atom is -0.357 e. The first kappa shape index (κ1) is 18.5. The number of guanidine groups is 1. The van der Waals surface area contributed by atoms with Crippen molar-refractivity contribution in [3.63, 3.8) is 0 Å². The highest BCUT2D eigenvalue weighted by atomic mass is 32.1. The monoisotopic (exact) mass is 352 g/mol. The van der Waals surface area contributed by atoms with Gasteiger partial charge < -0.3 is 20.4 Å². The van der Waals surface area contributed by atoms with Crippen molar-refractivity contribution in [2.45, 2.75) is 26.2 Å². The highest BCUT2D eigenvalue weighted by Crippen LogP contribution is 2.24. The van der Waals surface area contributed by atoms with E-state index in [2.05, 4.69) is 25.9 Å². The van der Waals surface area contributed by atoms with Crippen molar-refractivity contribution in [2.24, 2.45) is 4.99 Å². The lowest BCUT2D eigenvalue weighted by molar-refractivity contribution is -0.127. The molecule has 1 aliphatic rings. The maximum Gasteiger partial charge on any atom is 0.243 e. The van der Waals surface area contributed by atoms with E-state index in [-0.39, 0.29) is 12.5 Å². The van der Waals surface area contributed by atoms with Gasteiger partial charge in [0.25, 0.3) is 0 Å². The largest absolute Gasteiger partial charge is 0.357 e. The first-order valence-corrected chi connectivity index (χ1v) is 9.39. The Bertz CT molecular complexity index is 551. The van der Waals surface area contributed by atoms with Gasteiger partial charge in [-0.1, -0.05) is 0 Å². The second-order valence-electron chi connectivity index (χ2n) is 5.98. The highest BCUT2D eigenvalue weighted by molar-refractivity contribution is 7.13. The van der Waals surface area contributed by atoms with E-state index < -0.39 is 0 Å². The molecule has 0 aromatic carbocycles. The van der Waals surface area contributed by atoms with Gasteiger partial charge in [-0.15, -0.1) is 11.3 Å². The fourth-order valence-electron chi connectivity index (χ4n) is 2.40. The number of nitrogens with one attached hydrogen (secondary N) is 2. The summed E-state index contributed by atoms with van der Waals surface area (Å²) in [6.45, 7) is 5.92. The lowest BCUT2D eigenvalue weighted by Crippen LogP contribution is -2.39. The van der Waals surface area contributed by atoms with Crippen LogP contribution >= 0.6 is 11.3 Å². The van der Waals surface area contributed by atoms with Crippen molar-refractivity contribution in [3.05, 3.63) is 11.1 Å². The number of carbonyl (C=O) groups is 1. The number of hydrogen-bond donors (Lipinski definition) is 2. The normalized spacial score (nSPS) is 14.8. The van der Waals surface area contributed by atoms with E-state index in [4.69, 9.17) is 4.98 Å². The molecule has 8 heteroatoms. The van der Waals surface area contributed by atoms with Crippen LogP contribution in [0.3, 0.4) is 0 Å². The van der Waals surface area contributed by atoms with Gasteiger partial charge in [0.2, 0.25) is 5.91 Å². The van der Waals surface area contributed by atoms with Gasteiger partial charge in [-0.2, -0.15) is 0 Å². The van der Waals surface area contributed by atoms with E-state index in [1.807, 2.05) is 6.92 Å². The summed E-state index contributed by atoms with van der Waals surface area (Å²) in [6.07, 6.45) is 3.38. The zero-order chi connectivity index (χ0) is 17.4. The van der Waals surface area contributed by atoms with Crippen LogP contribution < -0.4 is 15.5 Å². The number of likely N-dealkylation sites (N-methyl/N-ethyl adjacent to an activating group) is 1. The molecule has 1 aliphatic heterocycles. The van der Waals surface area contributed by atoms with Crippen LogP contribution in [0.2, 0.25) is 0 Å². The summed E-state index contributed by atoms with van der Waals surface area (Å²) in [5.74, 6) is 0.657. The van der Waals surface area contributed by atoms with Crippen LogP contribution in [0.1, 0.15) is 25.5 Å². The molecule has 2 rings (SSSR count). The number of amides is 1. The van der Waals surface area contributed by atoms with E-state index in [1.54, 1.807) is 30.3 Å². The minimum atomic E-state index is -0.0121. The van der Waals surface area contributed by atoms with Crippen molar-refractivity contribution in [1.82, 2.24) is 20.5 Å². The molecule has 2 heterocycles. The van der Waals surface area contributed by atoms with Gasteiger partial charge in [0.15, 0.2) is 11.1 Å². The third-order valence-corrected chi connectivity index (χ3v) is 4.76. The van der Waals surface area contributed by atoms with E-state index in [1.165, 1.54) is 12.8 Å². The maximum atomic E-state index is 11.6. The molecule has 0 aliphatic carbocycles. The van der Waals surface area contributed by atoms with Gasteiger partial charge in [-0.25, -0.2) is 9.98 Å². The third-order valence-electron chi connectivity index (χ3n) is 3.81. The number of aromatic nitrogens is 1. The van der Waals surface area contributed by atoms with Crippen LogP contribution in [0.5, 0.6) is 0 Å². The fourth-order valence-corrected chi connectivity index (χ4v) is 3.32. The zero-order valence-electron chi connectivity index (χ0n) is 14.8. The molecule has 134 valence electrons. The van der Waals surface area contributed by atoms with Crippen molar-refractivity contribution >= 4 is 28.3 Å². The Labute approximate surface area is 148 Å². The molecule has 1 fully saturated rings. The summed E-state index contributed by atoms with van der Waals surface area (Å²) in [6, 6.07) is 0. The number of carbonyl (C=O) groups excluding carboxylic acids is 1. The van der Waals surface area contributed by atoms with Crippen molar-refractivity contribution in [3.8, 4) is 0 Å².